The number of carbonyl (C=O) groups excluding carboxylic acids is 1. The summed E-state index contributed by atoms with van der Waals surface area (Å²) < 4.78 is 0. The van der Waals surface area contributed by atoms with Crippen LogP contribution in [0, 0.1) is 11.3 Å². The summed E-state index contributed by atoms with van der Waals surface area (Å²) in [5.74, 6) is -0.642. The molecular formula is C15H28N2O4. The molecule has 0 spiro atoms. The molecule has 0 bridgehead atoms. The summed E-state index contributed by atoms with van der Waals surface area (Å²) >= 11 is 0. The summed E-state index contributed by atoms with van der Waals surface area (Å²) in [4.78, 5) is 24.3. The molecular weight excluding hydrogens is 272 g/mol. The third kappa shape index (κ3) is 5.91. The first kappa shape index (κ1) is 17.8. The Labute approximate surface area is 126 Å². The molecule has 122 valence electrons. The molecule has 2 atom stereocenters. The Morgan fingerprint density at radius 1 is 1.29 bits per heavy atom. The van der Waals surface area contributed by atoms with Crippen LogP contribution in [-0.2, 0) is 4.79 Å². The molecule has 0 aromatic heterocycles. The van der Waals surface area contributed by atoms with Crippen molar-refractivity contribution in [2.24, 2.45) is 11.3 Å². The van der Waals surface area contributed by atoms with Crippen molar-refractivity contribution in [2.45, 2.75) is 52.6 Å². The zero-order chi connectivity index (χ0) is 16.0. The fourth-order valence-electron chi connectivity index (χ4n) is 2.72. The van der Waals surface area contributed by atoms with Gasteiger partial charge in [0.2, 0.25) is 0 Å². The molecule has 2 amide bonds. The fraction of sp³-hybridized carbons (Fsp3) is 0.867. The number of carbonyl (C=O) groups is 2. The first-order chi connectivity index (χ1) is 9.71. The SMILES string of the molecule is CC(C)(C)C1CCCN(C(=O)NCC[C@H](O)C(=O)O)CC1. The molecule has 0 aromatic rings. The van der Waals surface area contributed by atoms with E-state index in [-0.39, 0.29) is 24.4 Å². The Kier molecular flexibility index (Phi) is 6.45. The van der Waals surface area contributed by atoms with E-state index in [1.165, 1.54) is 0 Å². The number of nitrogens with zero attached hydrogens (tertiary/aromatic N) is 1. The summed E-state index contributed by atoms with van der Waals surface area (Å²) in [6.45, 7) is 8.35. The van der Waals surface area contributed by atoms with Crippen LogP contribution in [-0.4, -0.2) is 52.9 Å². The van der Waals surface area contributed by atoms with Gasteiger partial charge in [-0.25, -0.2) is 9.59 Å². The summed E-state index contributed by atoms with van der Waals surface area (Å²) in [7, 11) is 0. The molecule has 21 heavy (non-hydrogen) atoms. The first-order valence-electron chi connectivity index (χ1n) is 7.65. The number of hydrogen-bond acceptors (Lipinski definition) is 3. The zero-order valence-electron chi connectivity index (χ0n) is 13.3. The predicted octanol–water partition coefficient (Wildman–Crippen LogP) is 1.68. The Balaban J connectivity index is 2.37. The van der Waals surface area contributed by atoms with Crippen LogP contribution in [0.4, 0.5) is 4.79 Å². The molecule has 1 aliphatic heterocycles. The van der Waals surface area contributed by atoms with Gasteiger partial charge < -0.3 is 20.4 Å². The van der Waals surface area contributed by atoms with Crippen LogP contribution in [0.5, 0.6) is 0 Å². The maximum Gasteiger partial charge on any atom is 0.332 e. The lowest BCUT2D eigenvalue weighted by Gasteiger charge is -2.29. The van der Waals surface area contributed by atoms with E-state index >= 15 is 0 Å². The Morgan fingerprint density at radius 2 is 1.95 bits per heavy atom. The molecule has 1 aliphatic rings. The minimum Gasteiger partial charge on any atom is -0.479 e. The van der Waals surface area contributed by atoms with Crippen LogP contribution in [0.3, 0.4) is 0 Å². The number of amides is 2. The molecule has 0 radical (unpaired) electrons. The van der Waals surface area contributed by atoms with E-state index in [0.717, 1.165) is 32.4 Å². The number of carboxylic acids is 1. The minimum absolute atomic E-state index is 0.0273. The lowest BCUT2D eigenvalue weighted by molar-refractivity contribution is -0.146. The van der Waals surface area contributed by atoms with Gasteiger partial charge in [0.15, 0.2) is 6.10 Å². The number of hydrogen-bond donors (Lipinski definition) is 3. The first-order valence-corrected chi connectivity index (χ1v) is 7.65. The maximum absolute atomic E-state index is 12.0. The molecule has 1 saturated heterocycles. The average molecular weight is 300 g/mol. The maximum atomic E-state index is 12.0. The van der Waals surface area contributed by atoms with Gasteiger partial charge in [-0.3, -0.25) is 0 Å². The van der Waals surface area contributed by atoms with Gasteiger partial charge in [-0.1, -0.05) is 20.8 Å². The molecule has 0 saturated carbocycles. The van der Waals surface area contributed by atoms with E-state index in [1.54, 1.807) is 4.90 Å². The van der Waals surface area contributed by atoms with Crippen molar-refractivity contribution in [3.63, 3.8) is 0 Å². The van der Waals surface area contributed by atoms with Gasteiger partial charge in [-0.2, -0.15) is 0 Å². The van der Waals surface area contributed by atoms with Crippen LogP contribution in [0.15, 0.2) is 0 Å². The number of aliphatic hydroxyl groups is 1. The van der Waals surface area contributed by atoms with Crippen LogP contribution in [0.25, 0.3) is 0 Å². The Bertz CT molecular complexity index is 365. The van der Waals surface area contributed by atoms with Gasteiger partial charge >= 0.3 is 12.0 Å². The quantitative estimate of drug-likeness (QED) is 0.737. The number of aliphatic hydroxyl groups excluding tert-OH is 1. The van der Waals surface area contributed by atoms with Gasteiger partial charge in [-0.05, 0) is 30.6 Å². The number of aliphatic carboxylic acids is 1. The van der Waals surface area contributed by atoms with Crippen LogP contribution in [0.1, 0.15) is 46.5 Å². The number of likely N-dealkylation sites (tertiary alicyclic amines) is 1. The Morgan fingerprint density at radius 3 is 2.52 bits per heavy atom. The smallest absolute Gasteiger partial charge is 0.332 e. The summed E-state index contributed by atoms with van der Waals surface area (Å²) in [5, 5.41) is 20.4. The monoisotopic (exact) mass is 300 g/mol. The van der Waals surface area contributed by atoms with Gasteiger partial charge in [0.05, 0.1) is 0 Å². The molecule has 1 unspecified atom stereocenters. The molecule has 1 rings (SSSR count). The van der Waals surface area contributed by atoms with Crippen LogP contribution < -0.4 is 5.32 Å². The highest BCUT2D eigenvalue weighted by molar-refractivity contribution is 5.74. The van der Waals surface area contributed by atoms with E-state index in [4.69, 9.17) is 10.2 Å². The molecule has 0 aliphatic carbocycles. The van der Waals surface area contributed by atoms with Crippen molar-refractivity contribution in [1.29, 1.82) is 0 Å². The van der Waals surface area contributed by atoms with E-state index in [2.05, 4.69) is 26.1 Å². The van der Waals surface area contributed by atoms with Crippen molar-refractivity contribution < 1.29 is 19.8 Å². The third-order valence-corrected chi connectivity index (χ3v) is 4.22. The highest BCUT2D eigenvalue weighted by Gasteiger charge is 2.28. The van der Waals surface area contributed by atoms with E-state index in [9.17, 15) is 9.59 Å². The second-order valence-electron chi connectivity index (χ2n) is 6.86. The third-order valence-electron chi connectivity index (χ3n) is 4.22. The molecule has 6 heteroatoms. The Hall–Kier alpha value is -1.30. The van der Waals surface area contributed by atoms with Gasteiger partial charge in [-0.15, -0.1) is 0 Å². The number of urea groups is 1. The summed E-state index contributed by atoms with van der Waals surface area (Å²) in [6.07, 6.45) is 1.73. The highest BCUT2D eigenvalue weighted by Crippen LogP contribution is 2.34. The van der Waals surface area contributed by atoms with E-state index in [0.29, 0.717) is 5.92 Å². The molecule has 3 N–H and O–H groups in total. The van der Waals surface area contributed by atoms with Gasteiger partial charge in [0, 0.05) is 26.1 Å². The van der Waals surface area contributed by atoms with Gasteiger partial charge in [0.1, 0.15) is 0 Å². The number of carboxylic acid groups (broad SMARTS) is 1. The summed E-state index contributed by atoms with van der Waals surface area (Å²) in [5.41, 5.74) is 0.262. The van der Waals surface area contributed by atoms with Crippen molar-refractivity contribution in [3.05, 3.63) is 0 Å². The topological polar surface area (TPSA) is 89.9 Å². The van der Waals surface area contributed by atoms with Crippen LogP contribution in [0.2, 0.25) is 0 Å². The highest BCUT2D eigenvalue weighted by atomic mass is 16.4. The normalized spacial score (nSPS) is 21.5. The minimum atomic E-state index is -1.42. The average Bonchev–Trinajstić information content (AvgIpc) is 2.63. The lowest BCUT2D eigenvalue weighted by Crippen LogP contribution is -2.42. The van der Waals surface area contributed by atoms with E-state index in [1.807, 2.05) is 0 Å². The largest absolute Gasteiger partial charge is 0.479 e. The summed E-state index contributed by atoms with van der Waals surface area (Å²) in [6, 6.07) is -0.165. The van der Waals surface area contributed by atoms with Crippen molar-refractivity contribution in [1.82, 2.24) is 10.2 Å². The van der Waals surface area contributed by atoms with E-state index < -0.39 is 12.1 Å². The second-order valence-corrected chi connectivity index (χ2v) is 6.86. The zero-order valence-corrected chi connectivity index (χ0v) is 13.3. The second kappa shape index (κ2) is 7.64. The number of rotatable bonds is 4. The van der Waals surface area contributed by atoms with Crippen molar-refractivity contribution >= 4 is 12.0 Å². The standard InChI is InChI=1S/C15H28N2O4/c1-15(2,3)11-5-4-9-17(10-7-11)14(21)16-8-6-12(18)13(19)20/h11-12,18H,4-10H2,1-3H3,(H,16,21)(H,19,20)/t11?,12-/m0/s1. The molecule has 6 nitrogen and oxygen atoms in total. The van der Waals surface area contributed by atoms with Gasteiger partial charge in [0.25, 0.3) is 0 Å². The lowest BCUT2D eigenvalue weighted by atomic mass is 9.77. The predicted molar refractivity (Wildman–Crippen MR) is 80.0 cm³/mol. The van der Waals surface area contributed by atoms with Crippen LogP contribution >= 0.6 is 0 Å². The van der Waals surface area contributed by atoms with Crippen molar-refractivity contribution in [2.75, 3.05) is 19.6 Å². The molecule has 0 aromatic carbocycles. The number of nitrogens with one attached hydrogen (secondary N) is 1. The molecule has 1 fully saturated rings. The fourth-order valence-corrected chi connectivity index (χ4v) is 2.72. The molecule has 1 heterocycles. The van der Waals surface area contributed by atoms with Crippen molar-refractivity contribution in [3.8, 4) is 0 Å².